The number of rotatable bonds is 5. The van der Waals surface area contributed by atoms with Crippen LogP contribution < -0.4 is 0 Å². The van der Waals surface area contributed by atoms with Crippen molar-refractivity contribution in [2.75, 3.05) is 0 Å². The largest absolute Gasteiger partial charge is 0.354 e. The van der Waals surface area contributed by atoms with Gasteiger partial charge < -0.3 is 4.57 Å². The first-order valence-corrected chi connectivity index (χ1v) is 6.07. The number of hydrogen-bond donors (Lipinski definition) is 0. The van der Waals surface area contributed by atoms with Crippen LogP contribution in [0, 0.1) is 0 Å². The average Bonchev–Trinajstić information content (AvgIpc) is 2.72. The Hall–Kier alpha value is -0.720. The Morgan fingerprint density at radius 2 is 1.79 bits per heavy atom. The Morgan fingerprint density at radius 3 is 2.43 bits per heavy atom. The Balaban J connectivity index is 1.79. The third kappa shape index (κ3) is 2.20. The molecule has 1 aromatic rings. The molecule has 1 aliphatic carbocycles. The fourth-order valence-corrected chi connectivity index (χ4v) is 2.37. The van der Waals surface area contributed by atoms with Gasteiger partial charge in [0.05, 0.1) is 0 Å². The molecule has 0 saturated heterocycles. The highest BCUT2D eigenvalue weighted by molar-refractivity contribution is 5.28. The number of hydrogen-bond acceptors (Lipinski definition) is 0. The van der Waals surface area contributed by atoms with Crippen LogP contribution in [0.25, 0.3) is 0 Å². The highest BCUT2D eigenvalue weighted by atomic mass is 14.9. The third-order valence-corrected chi connectivity index (χ3v) is 3.22. The number of nitrogens with zero attached hydrogens (tertiary/aromatic N) is 1. The lowest BCUT2D eigenvalue weighted by Crippen LogP contribution is -1.94. The number of fused-ring (bicyclic) bond motifs is 1. The molecule has 2 rings (SSSR count). The summed E-state index contributed by atoms with van der Waals surface area (Å²) in [6.45, 7) is 3.50. The minimum Gasteiger partial charge on any atom is -0.354 e. The maximum absolute atomic E-state index is 2.40. The van der Waals surface area contributed by atoms with Crippen molar-refractivity contribution in [3.05, 3.63) is 23.5 Å². The summed E-state index contributed by atoms with van der Waals surface area (Å²) in [6.07, 6.45) is 14.2. The summed E-state index contributed by atoms with van der Waals surface area (Å²) in [5.74, 6) is 0. The zero-order chi connectivity index (χ0) is 9.80. The first-order chi connectivity index (χ1) is 6.90. The molecule has 0 N–H and O–H groups in total. The summed E-state index contributed by atoms with van der Waals surface area (Å²) >= 11 is 0. The van der Waals surface area contributed by atoms with Crippen LogP contribution in [0.5, 0.6) is 0 Å². The molecule has 1 aliphatic rings. The fourth-order valence-electron chi connectivity index (χ4n) is 2.37. The molecule has 0 amide bonds. The third-order valence-electron chi connectivity index (χ3n) is 3.22. The summed E-state index contributed by atoms with van der Waals surface area (Å²) in [5, 5.41) is 0. The van der Waals surface area contributed by atoms with Crippen molar-refractivity contribution in [1.82, 2.24) is 4.57 Å². The summed E-state index contributed by atoms with van der Waals surface area (Å²) in [5.41, 5.74) is 3.22. The monoisotopic (exact) mass is 191 g/mol. The molecule has 0 spiro atoms. The molecular weight excluding hydrogens is 170 g/mol. The molecule has 14 heavy (non-hydrogen) atoms. The minimum atomic E-state index is 1.23. The van der Waals surface area contributed by atoms with Gasteiger partial charge >= 0.3 is 0 Å². The van der Waals surface area contributed by atoms with Crippen molar-refractivity contribution in [2.24, 2.45) is 0 Å². The summed E-state index contributed by atoms with van der Waals surface area (Å²) in [4.78, 5) is 0. The molecule has 78 valence electrons. The number of aryl methyl sites for hydroxylation is 3. The van der Waals surface area contributed by atoms with E-state index >= 15 is 0 Å². The molecule has 0 aromatic carbocycles. The van der Waals surface area contributed by atoms with Crippen LogP contribution in [0.15, 0.2) is 12.4 Å². The fraction of sp³-hybridized carbons (Fsp3) is 0.692. The van der Waals surface area contributed by atoms with E-state index in [1.54, 1.807) is 11.1 Å². The van der Waals surface area contributed by atoms with Gasteiger partial charge in [0.2, 0.25) is 0 Å². The predicted octanol–water partition coefficient (Wildman–Crippen LogP) is 3.56. The quantitative estimate of drug-likeness (QED) is 0.627. The van der Waals surface area contributed by atoms with Crippen LogP contribution in [-0.2, 0) is 19.4 Å². The molecule has 0 radical (unpaired) electrons. The standard InChI is InChI=1S/C13H21N/c1-2-3-4-5-9-14-10-12-7-6-8-13(12)11-14/h10-11H,2-9H2,1H3. The lowest BCUT2D eigenvalue weighted by molar-refractivity contribution is 0.582. The molecule has 1 nitrogen and oxygen atoms in total. The molecule has 1 heteroatoms. The SMILES string of the molecule is CCCCCCn1cc2c(c1)CCC2. The van der Waals surface area contributed by atoms with E-state index in [4.69, 9.17) is 0 Å². The van der Waals surface area contributed by atoms with Gasteiger partial charge in [-0.15, -0.1) is 0 Å². The van der Waals surface area contributed by atoms with Gasteiger partial charge in [-0.3, -0.25) is 0 Å². The topological polar surface area (TPSA) is 4.93 Å². The Labute approximate surface area is 87.1 Å². The highest BCUT2D eigenvalue weighted by Crippen LogP contribution is 2.22. The van der Waals surface area contributed by atoms with Crippen LogP contribution in [0.2, 0.25) is 0 Å². The van der Waals surface area contributed by atoms with E-state index in [-0.39, 0.29) is 0 Å². The van der Waals surface area contributed by atoms with E-state index in [2.05, 4.69) is 23.9 Å². The van der Waals surface area contributed by atoms with Gasteiger partial charge in [0.25, 0.3) is 0 Å². The van der Waals surface area contributed by atoms with Crippen molar-refractivity contribution in [1.29, 1.82) is 0 Å². The van der Waals surface area contributed by atoms with Crippen molar-refractivity contribution < 1.29 is 0 Å². The average molecular weight is 191 g/mol. The van der Waals surface area contributed by atoms with Crippen LogP contribution in [0.4, 0.5) is 0 Å². The maximum Gasteiger partial charge on any atom is 0.0219 e. The lowest BCUT2D eigenvalue weighted by Gasteiger charge is -2.02. The molecular formula is C13H21N. The van der Waals surface area contributed by atoms with E-state index in [0.717, 1.165) is 0 Å². The second kappa shape index (κ2) is 4.68. The van der Waals surface area contributed by atoms with E-state index in [0.29, 0.717) is 0 Å². The van der Waals surface area contributed by atoms with E-state index in [1.165, 1.54) is 51.5 Å². The minimum absolute atomic E-state index is 1.23. The molecule has 0 bridgehead atoms. The molecule has 1 heterocycles. The van der Waals surface area contributed by atoms with E-state index in [1.807, 2.05) is 0 Å². The van der Waals surface area contributed by atoms with Crippen LogP contribution in [0.1, 0.15) is 50.2 Å². The highest BCUT2D eigenvalue weighted by Gasteiger charge is 2.12. The van der Waals surface area contributed by atoms with Crippen molar-refractivity contribution in [2.45, 2.75) is 58.4 Å². The molecule has 1 aromatic heterocycles. The molecule has 0 unspecified atom stereocenters. The second-order valence-electron chi connectivity index (χ2n) is 4.46. The molecule has 0 aliphatic heterocycles. The maximum atomic E-state index is 2.40. The zero-order valence-corrected chi connectivity index (χ0v) is 9.26. The molecule has 0 saturated carbocycles. The summed E-state index contributed by atoms with van der Waals surface area (Å²) < 4.78 is 2.40. The predicted molar refractivity (Wildman–Crippen MR) is 60.6 cm³/mol. The summed E-state index contributed by atoms with van der Waals surface area (Å²) in [7, 11) is 0. The normalized spacial score (nSPS) is 14.6. The van der Waals surface area contributed by atoms with Crippen molar-refractivity contribution in [3.63, 3.8) is 0 Å². The van der Waals surface area contributed by atoms with E-state index in [9.17, 15) is 0 Å². The first-order valence-electron chi connectivity index (χ1n) is 6.07. The number of aromatic nitrogens is 1. The van der Waals surface area contributed by atoms with Gasteiger partial charge in [0.15, 0.2) is 0 Å². The van der Waals surface area contributed by atoms with Gasteiger partial charge in [-0.1, -0.05) is 26.2 Å². The van der Waals surface area contributed by atoms with Gasteiger partial charge in [0.1, 0.15) is 0 Å². The lowest BCUT2D eigenvalue weighted by atomic mass is 10.2. The van der Waals surface area contributed by atoms with Crippen LogP contribution in [0.3, 0.4) is 0 Å². The Bertz CT molecular complexity index is 264. The van der Waals surface area contributed by atoms with Gasteiger partial charge in [-0.2, -0.15) is 0 Å². The van der Waals surface area contributed by atoms with Crippen LogP contribution in [-0.4, -0.2) is 4.57 Å². The van der Waals surface area contributed by atoms with Gasteiger partial charge in [-0.05, 0) is 36.8 Å². The molecule has 0 atom stereocenters. The second-order valence-corrected chi connectivity index (χ2v) is 4.46. The molecule has 0 fully saturated rings. The van der Waals surface area contributed by atoms with Gasteiger partial charge in [-0.25, -0.2) is 0 Å². The zero-order valence-electron chi connectivity index (χ0n) is 9.26. The van der Waals surface area contributed by atoms with Crippen LogP contribution >= 0.6 is 0 Å². The van der Waals surface area contributed by atoms with Crippen molar-refractivity contribution in [3.8, 4) is 0 Å². The Kier molecular flexibility index (Phi) is 3.28. The first kappa shape index (κ1) is 9.82. The van der Waals surface area contributed by atoms with Crippen molar-refractivity contribution >= 4 is 0 Å². The Morgan fingerprint density at radius 1 is 1.07 bits per heavy atom. The van der Waals surface area contributed by atoms with Gasteiger partial charge in [0, 0.05) is 18.9 Å². The smallest absolute Gasteiger partial charge is 0.0219 e. The summed E-state index contributed by atoms with van der Waals surface area (Å²) in [6, 6.07) is 0. The number of unbranched alkanes of at least 4 members (excludes halogenated alkanes) is 3. The van der Waals surface area contributed by atoms with E-state index < -0.39 is 0 Å².